The minimum atomic E-state index is -1.50. The predicted octanol–water partition coefficient (Wildman–Crippen LogP) is 2.01. The average molecular weight is 402 g/mol. The molecule has 0 aromatic heterocycles. The van der Waals surface area contributed by atoms with E-state index >= 15 is 0 Å². The third-order valence-electron chi connectivity index (χ3n) is 5.25. The second-order valence-electron chi connectivity index (χ2n) is 9.17. The van der Waals surface area contributed by atoms with Crippen LogP contribution in [0, 0.1) is 19.3 Å². The van der Waals surface area contributed by atoms with Crippen LogP contribution in [0.4, 0.5) is 11.4 Å². The van der Waals surface area contributed by atoms with Gasteiger partial charge in [0.25, 0.3) is 0 Å². The highest BCUT2D eigenvalue weighted by Gasteiger charge is 2.44. The molecule has 8 nitrogen and oxygen atoms in total. The third-order valence-corrected chi connectivity index (χ3v) is 5.25. The summed E-state index contributed by atoms with van der Waals surface area (Å²) in [5, 5.41) is 10.9. The first-order chi connectivity index (χ1) is 13.1. The molecule has 158 valence electrons. The largest absolute Gasteiger partial charge is 0.341 e. The predicted molar refractivity (Wildman–Crippen MR) is 111 cm³/mol. The number of carbonyl (C=O) groups is 4. The summed E-state index contributed by atoms with van der Waals surface area (Å²) in [4.78, 5) is 51.4. The van der Waals surface area contributed by atoms with Crippen LogP contribution in [0.1, 0.15) is 52.7 Å². The fraction of sp³-hybridized carbons (Fsp3) is 0.524. The molecular formula is C21H30N4O4. The normalized spacial score (nSPS) is 21.2. The molecule has 0 radical (unpaired) electrons. The van der Waals surface area contributed by atoms with Crippen molar-refractivity contribution in [3.05, 3.63) is 23.3 Å². The van der Waals surface area contributed by atoms with Crippen molar-refractivity contribution < 1.29 is 19.2 Å². The number of carbonyl (C=O) groups excluding carboxylic acids is 4. The Morgan fingerprint density at radius 3 is 1.21 bits per heavy atom. The Bertz CT molecular complexity index is 829. The van der Waals surface area contributed by atoms with E-state index < -0.39 is 40.1 Å². The monoisotopic (exact) mass is 402 g/mol. The molecule has 0 spiro atoms. The molecule has 8 heteroatoms. The lowest BCUT2D eigenvalue weighted by Gasteiger charge is -2.32. The molecule has 1 heterocycles. The first-order valence-electron chi connectivity index (χ1n) is 9.47. The highest BCUT2D eigenvalue weighted by atomic mass is 16.2. The molecule has 0 saturated carbocycles. The molecular weight excluding hydrogens is 372 g/mol. The second kappa shape index (κ2) is 7.17. The minimum Gasteiger partial charge on any atom is -0.341 e. The summed E-state index contributed by atoms with van der Waals surface area (Å²) in [5.41, 5.74) is -1.40. The summed E-state index contributed by atoms with van der Waals surface area (Å²) < 4.78 is 0. The zero-order valence-corrected chi connectivity index (χ0v) is 18.3. The van der Waals surface area contributed by atoms with E-state index in [1.807, 2.05) is 13.8 Å². The first kappa shape index (κ1) is 22.4. The van der Waals surface area contributed by atoms with Crippen molar-refractivity contribution in [2.45, 2.75) is 66.5 Å². The van der Waals surface area contributed by atoms with E-state index in [-0.39, 0.29) is 0 Å². The summed E-state index contributed by atoms with van der Waals surface area (Å²) in [6, 6.07) is 3.52. The lowest BCUT2D eigenvalue weighted by atomic mass is 9.88. The minimum absolute atomic E-state index is 0.411. The van der Waals surface area contributed by atoms with Crippen LogP contribution in [0.15, 0.2) is 12.1 Å². The van der Waals surface area contributed by atoms with E-state index in [0.29, 0.717) is 11.4 Å². The van der Waals surface area contributed by atoms with Crippen LogP contribution < -0.4 is 21.3 Å². The molecule has 0 unspecified atom stereocenters. The molecule has 2 rings (SSSR count). The number of benzene rings is 1. The lowest BCUT2D eigenvalue weighted by molar-refractivity contribution is -0.145. The van der Waals surface area contributed by atoms with Crippen molar-refractivity contribution in [1.82, 2.24) is 10.6 Å². The summed E-state index contributed by atoms with van der Waals surface area (Å²) in [7, 11) is 0. The summed E-state index contributed by atoms with van der Waals surface area (Å²) in [6.45, 7) is 12.9. The van der Waals surface area contributed by atoms with E-state index in [1.54, 1.807) is 39.8 Å². The standard InChI is InChI=1S/C21H30N4O4/c1-11-9-13-14(10-12(11)2)23-18(29)21(7,8)25-16(27)19(3,4)15(26)24-20(5,6)17(28)22-13/h9-10H,1-8H3,(H,22,28)(H,23,29)(H,24,26)(H,25,27). The van der Waals surface area contributed by atoms with Crippen LogP contribution in [-0.4, -0.2) is 34.7 Å². The molecule has 0 fully saturated rings. The zero-order chi connectivity index (χ0) is 22.4. The highest BCUT2D eigenvalue weighted by Crippen LogP contribution is 2.29. The third kappa shape index (κ3) is 4.41. The fourth-order valence-electron chi connectivity index (χ4n) is 2.68. The van der Waals surface area contributed by atoms with E-state index in [0.717, 1.165) is 11.1 Å². The van der Waals surface area contributed by atoms with Crippen LogP contribution in [-0.2, 0) is 19.2 Å². The Kier molecular flexibility index (Phi) is 5.53. The summed E-state index contributed by atoms with van der Waals surface area (Å²) in [5.74, 6) is -2.18. The molecule has 4 amide bonds. The molecule has 29 heavy (non-hydrogen) atoms. The maximum Gasteiger partial charge on any atom is 0.249 e. The van der Waals surface area contributed by atoms with Gasteiger partial charge in [0.1, 0.15) is 16.5 Å². The number of rotatable bonds is 0. The van der Waals surface area contributed by atoms with Gasteiger partial charge in [-0.05, 0) is 78.6 Å². The number of hydrogen-bond acceptors (Lipinski definition) is 4. The Balaban J connectivity index is 2.62. The van der Waals surface area contributed by atoms with Gasteiger partial charge in [0, 0.05) is 0 Å². The van der Waals surface area contributed by atoms with Gasteiger partial charge >= 0.3 is 0 Å². The van der Waals surface area contributed by atoms with E-state index in [9.17, 15) is 19.2 Å². The maximum atomic E-state index is 12.9. The van der Waals surface area contributed by atoms with Crippen LogP contribution in [0.25, 0.3) is 0 Å². The molecule has 1 aliphatic heterocycles. The number of fused-ring (bicyclic) bond motifs is 1. The van der Waals surface area contributed by atoms with Crippen LogP contribution in [0.3, 0.4) is 0 Å². The SMILES string of the molecule is Cc1cc2c(cc1C)NC(=O)C(C)(C)NC(=O)C(C)(C)C(=O)NC(C)(C)C(=O)N2. The Hall–Kier alpha value is -2.90. The number of aryl methyl sites for hydroxylation is 2. The van der Waals surface area contributed by atoms with Crippen LogP contribution in [0.5, 0.6) is 0 Å². The number of hydrogen-bond donors (Lipinski definition) is 4. The van der Waals surface area contributed by atoms with Crippen molar-refractivity contribution in [3.8, 4) is 0 Å². The van der Waals surface area contributed by atoms with Crippen molar-refractivity contribution in [2.24, 2.45) is 5.41 Å². The van der Waals surface area contributed by atoms with Crippen molar-refractivity contribution in [3.63, 3.8) is 0 Å². The fourth-order valence-corrected chi connectivity index (χ4v) is 2.68. The van der Waals surface area contributed by atoms with Gasteiger partial charge in [0.15, 0.2) is 0 Å². The molecule has 1 aromatic rings. The Morgan fingerprint density at radius 2 is 0.897 bits per heavy atom. The van der Waals surface area contributed by atoms with Gasteiger partial charge in [-0.1, -0.05) is 0 Å². The van der Waals surface area contributed by atoms with E-state index in [2.05, 4.69) is 21.3 Å². The van der Waals surface area contributed by atoms with Crippen molar-refractivity contribution in [2.75, 3.05) is 10.6 Å². The van der Waals surface area contributed by atoms with E-state index in [1.165, 1.54) is 13.8 Å². The van der Waals surface area contributed by atoms with Crippen LogP contribution >= 0.6 is 0 Å². The van der Waals surface area contributed by atoms with Gasteiger partial charge in [-0.2, -0.15) is 0 Å². The smallest absolute Gasteiger partial charge is 0.249 e. The maximum absolute atomic E-state index is 12.9. The Labute approximate surface area is 171 Å². The summed E-state index contributed by atoms with van der Waals surface area (Å²) in [6.07, 6.45) is 0. The van der Waals surface area contributed by atoms with Gasteiger partial charge in [-0.25, -0.2) is 0 Å². The van der Waals surface area contributed by atoms with Gasteiger partial charge < -0.3 is 21.3 Å². The molecule has 1 aliphatic rings. The molecule has 0 aliphatic carbocycles. The Morgan fingerprint density at radius 1 is 0.586 bits per heavy atom. The zero-order valence-electron chi connectivity index (χ0n) is 18.3. The first-order valence-corrected chi connectivity index (χ1v) is 9.47. The highest BCUT2D eigenvalue weighted by molar-refractivity contribution is 6.11. The average Bonchev–Trinajstić information content (AvgIpc) is 2.57. The molecule has 1 aromatic carbocycles. The van der Waals surface area contributed by atoms with E-state index in [4.69, 9.17) is 0 Å². The number of anilines is 2. The van der Waals surface area contributed by atoms with Gasteiger partial charge in [-0.3, -0.25) is 19.2 Å². The number of amides is 4. The van der Waals surface area contributed by atoms with Gasteiger partial charge in [0.2, 0.25) is 23.6 Å². The van der Waals surface area contributed by atoms with Crippen LogP contribution in [0.2, 0.25) is 0 Å². The second-order valence-corrected chi connectivity index (χ2v) is 9.17. The topological polar surface area (TPSA) is 116 Å². The molecule has 0 saturated heterocycles. The number of nitrogens with one attached hydrogen (secondary N) is 4. The van der Waals surface area contributed by atoms with Gasteiger partial charge in [-0.15, -0.1) is 0 Å². The lowest BCUT2D eigenvalue weighted by Crippen LogP contribution is -2.61. The summed E-state index contributed by atoms with van der Waals surface area (Å²) >= 11 is 0. The van der Waals surface area contributed by atoms with Gasteiger partial charge in [0.05, 0.1) is 11.4 Å². The molecule has 0 atom stereocenters. The van der Waals surface area contributed by atoms with Crippen molar-refractivity contribution >= 4 is 35.0 Å². The quantitative estimate of drug-likeness (QED) is 0.497. The molecule has 0 bridgehead atoms. The van der Waals surface area contributed by atoms with Crippen molar-refractivity contribution in [1.29, 1.82) is 0 Å². The molecule has 4 N–H and O–H groups in total.